The van der Waals surface area contributed by atoms with Gasteiger partial charge in [0, 0.05) is 73.8 Å². The Morgan fingerprint density at radius 2 is 0.870 bits per heavy atom. The van der Waals surface area contributed by atoms with Gasteiger partial charge in [-0.2, -0.15) is 35.3 Å². The molecule has 23 heavy (non-hydrogen) atoms. The van der Waals surface area contributed by atoms with E-state index < -0.39 is 0 Å². The van der Waals surface area contributed by atoms with Gasteiger partial charge in [0.1, 0.15) is 0 Å². The van der Waals surface area contributed by atoms with Crippen LogP contribution < -0.4 is 0 Å². The minimum Gasteiger partial charge on any atom is -0.379 e. The van der Waals surface area contributed by atoms with E-state index in [9.17, 15) is 0 Å². The van der Waals surface area contributed by atoms with Crippen LogP contribution in [0.2, 0.25) is 0 Å². The van der Waals surface area contributed by atoms with Crippen molar-refractivity contribution in [2.45, 2.75) is 0 Å². The number of thioether (sulfide) groups is 3. The van der Waals surface area contributed by atoms with Crippen molar-refractivity contribution >= 4 is 35.3 Å². The fourth-order valence-corrected chi connectivity index (χ4v) is 5.85. The zero-order chi connectivity index (χ0) is 16.0. The molecule has 0 amide bonds. The summed E-state index contributed by atoms with van der Waals surface area (Å²) in [5, 5.41) is 0. The Morgan fingerprint density at radius 1 is 0.522 bits per heavy atom. The molecule has 7 heteroatoms. The molecule has 0 aliphatic carbocycles. The van der Waals surface area contributed by atoms with Gasteiger partial charge in [-0.15, -0.1) is 0 Å². The second-order valence-corrected chi connectivity index (χ2v) is 9.42. The molecule has 136 valence electrons. The summed E-state index contributed by atoms with van der Waals surface area (Å²) in [4.78, 5) is 5.05. The molecule has 0 N–H and O–H groups in total. The van der Waals surface area contributed by atoms with Gasteiger partial charge >= 0.3 is 0 Å². The van der Waals surface area contributed by atoms with Crippen LogP contribution in [0.1, 0.15) is 0 Å². The molecule has 0 aromatic heterocycles. The Hall–Kier alpha value is 0.890. The summed E-state index contributed by atoms with van der Waals surface area (Å²) in [7, 11) is 0. The molecule has 2 fully saturated rings. The first-order valence-electron chi connectivity index (χ1n) is 8.78. The predicted octanol–water partition coefficient (Wildman–Crippen LogP) is 1.85. The lowest BCUT2D eigenvalue weighted by Crippen LogP contribution is -2.37. The molecule has 4 nitrogen and oxygen atoms in total. The highest BCUT2D eigenvalue weighted by Crippen LogP contribution is 2.11. The van der Waals surface area contributed by atoms with Crippen LogP contribution in [0.15, 0.2) is 0 Å². The Kier molecular flexibility index (Phi) is 12.4. The third kappa shape index (κ3) is 10.5. The SMILES string of the molecule is C1CN(CCSCCSCCSCCN2CCOCC2)CCO1. The van der Waals surface area contributed by atoms with E-state index in [0.717, 1.165) is 52.6 Å². The maximum atomic E-state index is 5.37. The maximum Gasteiger partial charge on any atom is 0.0594 e. The minimum atomic E-state index is 0.920. The molecule has 2 rings (SSSR count). The van der Waals surface area contributed by atoms with E-state index in [1.807, 2.05) is 0 Å². The van der Waals surface area contributed by atoms with Crippen molar-refractivity contribution in [2.75, 3.05) is 100 Å². The summed E-state index contributed by atoms with van der Waals surface area (Å²) >= 11 is 6.33. The first kappa shape index (κ1) is 20.2. The van der Waals surface area contributed by atoms with Crippen molar-refractivity contribution in [3.05, 3.63) is 0 Å². The standard InChI is InChI=1S/C16H32N2O2S3/c1-7-19-8-2-17(1)5-11-21-13-15-23-16-14-22-12-6-18-3-9-20-10-4-18/h1-16H2. The molecule has 0 unspecified atom stereocenters. The Labute approximate surface area is 154 Å². The van der Waals surface area contributed by atoms with Crippen LogP contribution in [-0.2, 0) is 9.47 Å². The molecule has 2 heterocycles. The van der Waals surface area contributed by atoms with Gasteiger partial charge in [-0.25, -0.2) is 0 Å². The number of ether oxygens (including phenoxy) is 2. The van der Waals surface area contributed by atoms with E-state index in [2.05, 4.69) is 45.1 Å². The number of nitrogens with zero attached hydrogens (tertiary/aromatic N) is 2. The second kappa shape index (κ2) is 14.1. The van der Waals surface area contributed by atoms with E-state index in [4.69, 9.17) is 9.47 Å². The first-order chi connectivity index (χ1) is 11.4. The highest BCUT2D eigenvalue weighted by atomic mass is 32.2. The van der Waals surface area contributed by atoms with Crippen molar-refractivity contribution in [3.8, 4) is 0 Å². The van der Waals surface area contributed by atoms with E-state index in [-0.39, 0.29) is 0 Å². The zero-order valence-electron chi connectivity index (χ0n) is 14.2. The van der Waals surface area contributed by atoms with Gasteiger partial charge < -0.3 is 9.47 Å². The normalized spacial score (nSPS) is 20.9. The topological polar surface area (TPSA) is 24.9 Å². The average molecular weight is 381 g/mol. The highest BCUT2D eigenvalue weighted by Gasteiger charge is 2.10. The zero-order valence-corrected chi connectivity index (χ0v) is 16.7. The van der Waals surface area contributed by atoms with Crippen LogP contribution in [0, 0.1) is 0 Å². The molecule has 0 saturated carbocycles. The molecule has 2 aliphatic heterocycles. The molecule has 0 spiro atoms. The maximum absolute atomic E-state index is 5.37. The third-order valence-electron chi connectivity index (χ3n) is 4.06. The fraction of sp³-hybridized carbons (Fsp3) is 1.00. The van der Waals surface area contributed by atoms with Gasteiger partial charge in [-0.3, -0.25) is 9.80 Å². The quantitative estimate of drug-likeness (QED) is 0.477. The number of hydrogen-bond acceptors (Lipinski definition) is 7. The van der Waals surface area contributed by atoms with Gasteiger partial charge in [0.15, 0.2) is 0 Å². The fourth-order valence-electron chi connectivity index (χ4n) is 2.58. The van der Waals surface area contributed by atoms with E-state index in [0.29, 0.717) is 0 Å². The molecule has 0 aromatic rings. The molecular formula is C16H32N2O2S3. The van der Waals surface area contributed by atoms with Crippen LogP contribution >= 0.6 is 35.3 Å². The first-order valence-corrected chi connectivity index (χ1v) is 12.2. The average Bonchev–Trinajstić information content (AvgIpc) is 2.61. The highest BCUT2D eigenvalue weighted by molar-refractivity contribution is 8.04. The van der Waals surface area contributed by atoms with Crippen LogP contribution in [-0.4, -0.2) is 110 Å². The van der Waals surface area contributed by atoms with Gasteiger partial charge in [-0.05, 0) is 0 Å². The molecular weight excluding hydrogens is 348 g/mol. The Morgan fingerprint density at radius 3 is 1.26 bits per heavy atom. The number of hydrogen-bond donors (Lipinski definition) is 0. The number of rotatable bonds is 12. The van der Waals surface area contributed by atoms with E-state index in [1.165, 1.54) is 47.6 Å². The lowest BCUT2D eigenvalue weighted by molar-refractivity contribution is 0.0409. The molecule has 0 atom stereocenters. The van der Waals surface area contributed by atoms with Gasteiger partial charge in [0.05, 0.1) is 26.4 Å². The summed E-state index contributed by atoms with van der Waals surface area (Å²) in [6, 6.07) is 0. The molecule has 0 bridgehead atoms. The predicted molar refractivity (Wildman–Crippen MR) is 106 cm³/mol. The summed E-state index contributed by atoms with van der Waals surface area (Å²) in [5.41, 5.74) is 0. The summed E-state index contributed by atoms with van der Waals surface area (Å²) < 4.78 is 10.7. The van der Waals surface area contributed by atoms with Gasteiger partial charge in [0.2, 0.25) is 0 Å². The summed E-state index contributed by atoms with van der Waals surface area (Å²) in [5.74, 6) is 7.75. The Balaban J connectivity index is 1.26. The van der Waals surface area contributed by atoms with Crippen LogP contribution in [0.25, 0.3) is 0 Å². The smallest absolute Gasteiger partial charge is 0.0594 e. The number of morpholine rings is 2. The Bertz CT molecular complexity index is 250. The van der Waals surface area contributed by atoms with Gasteiger partial charge in [0.25, 0.3) is 0 Å². The van der Waals surface area contributed by atoms with E-state index >= 15 is 0 Å². The van der Waals surface area contributed by atoms with Crippen LogP contribution in [0.4, 0.5) is 0 Å². The van der Waals surface area contributed by atoms with Crippen molar-refractivity contribution in [1.82, 2.24) is 9.80 Å². The second-order valence-electron chi connectivity index (χ2n) is 5.75. The van der Waals surface area contributed by atoms with E-state index in [1.54, 1.807) is 0 Å². The molecule has 2 saturated heterocycles. The molecule has 2 aliphatic rings. The summed E-state index contributed by atoms with van der Waals surface area (Å²) in [6.45, 7) is 10.6. The third-order valence-corrected chi connectivity index (χ3v) is 7.49. The minimum absolute atomic E-state index is 0.920. The lowest BCUT2D eigenvalue weighted by atomic mass is 10.4. The molecule has 0 radical (unpaired) electrons. The van der Waals surface area contributed by atoms with Crippen molar-refractivity contribution in [3.63, 3.8) is 0 Å². The monoisotopic (exact) mass is 380 g/mol. The van der Waals surface area contributed by atoms with Crippen molar-refractivity contribution in [1.29, 1.82) is 0 Å². The summed E-state index contributed by atoms with van der Waals surface area (Å²) in [6.07, 6.45) is 0. The van der Waals surface area contributed by atoms with Gasteiger partial charge in [-0.1, -0.05) is 0 Å². The van der Waals surface area contributed by atoms with Crippen molar-refractivity contribution < 1.29 is 9.47 Å². The lowest BCUT2D eigenvalue weighted by Gasteiger charge is -2.26. The molecule has 0 aromatic carbocycles. The van der Waals surface area contributed by atoms with Crippen LogP contribution in [0.3, 0.4) is 0 Å². The van der Waals surface area contributed by atoms with Crippen molar-refractivity contribution in [2.24, 2.45) is 0 Å². The largest absolute Gasteiger partial charge is 0.379 e. The van der Waals surface area contributed by atoms with Crippen LogP contribution in [0.5, 0.6) is 0 Å².